The van der Waals surface area contributed by atoms with Gasteiger partial charge in [-0.05, 0) is 73.4 Å². The van der Waals surface area contributed by atoms with E-state index >= 15 is 0 Å². The van der Waals surface area contributed by atoms with Crippen molar-refractivity contribution in [2.45, 2.75) is 122 Å². The number of hydrogen-bond acceptors (Lipinski definition) is 3. The molecule has 2 rings (SSSR count). The summed E-state index contributed by atoms with van der Waals surface area (Å²) in [6, 6.07) is 10.7. The smallest absolute Gasteiger partial charge is 0.192 e. The third-order valence-corrected chi connectivity index (χ3v) is 18.1. The number of aryl methyl sites for hydroxylation is 1. The number of rotatable bonds is 11. The summed E-state index contributed by atoms with van der Waals surface area (Å²) in [6.45, 7) is 23.2. The van der Waals surface area contributed by atoms with Crippen molar-refractivity contribution in [1.29, 1.82) is 0 Å². The molecule has 3 nitrogen and oxygen atoms in total. The maximum absolute atomic E-state index is 12.1. The van der Waals surface area contributed by atoms with Crippen LogP contribution in [0, 0.1) is 11.8 Å². The summed E-state index contributed by atoms with van der Waals surface area (Å²) in [4.78, 5) is 12.1. The van der Waals surface area contributed by atoms with Gasteiger partial charge in [-0.3, -0.25) is 4.79 Å². The van der Waals surface area contributed by atoms with Crippen LogP contribution in [0.4, 0.5) is 0 Å². The Balaban J connectivity index is 2.31. The predicted molar refractivity (Wildman–Crippen MR) is 164 cm³/mol. The third kappa shape index (κ3) is 9.01. The fourth-order valence-corrected chi connectivity index (χ4v) is 7.49. The maximum Gasteiger partial charge on any atom is 0.192 e. The molecule has 0 bridgehead atoms. The highest BCUT2D eigenvalue weighted by molar-refractivity contribution is 7.40. The van der Waals surface area contributed by atoms with Crippen molar-refractivity contribution in [2.75, 3.05) is 0 Å². The highest BCUT2D eigenvalue weighted by atomic mass is 31.0. The van der Waals surface area contributed by atoms with Crippen molar-refractivity contribution >= 4 is 31.4 Å². The highest BCUT2D eigenvalue weighted by Gasteiger charge is 2.44. The molecule has 0 radical (unpaired) electrons. The third-order valence-electron chi connectivity index (χ3n) is 8.87. The normalized spacial score (nSPS) is 22.8. The Morgan fingerprint density at radius 1 is 1.00 bits per heavy atom. The zero-order valence-corrected chi connectivity index (χ0v) is 27.8. The minimum atomic E-state index is -1.94. The number of carbonyl (C=O) groups excluding carboxylic acids is 1. The minimum absolute atomic E-state index is 0.0626. The van der Waals surface area contributed by atoms with E-state index in [0.29, 0.717) is 12.3 Å². The average Bonchev–Trinajstić information content (AvgIpc) is 3.08. The second-order valence-corrected chi connectivity index (χ2v) is 24.0. The van der Waals surface area contributed by atoms with Crippen LogP contribution in [0.5, 0.6) is 0 Å². The lowest BCUT2D eigenvalue weighted by Gasteiger charge is -2.40. The Kier molecular flexibility index (Phi) is 11.0. The van der Waals surface area contributed by atoms with Gasteiger partial charge < -0.3 is 8.85 Å². The monoisotopic (exact) mass is 548 g/mol. The molecule has 1 aliphatic carbocycles. The molecule has 36 heavy (non-hydrogen) atoms. The van der Waals surface area contributed by atoms with E-state index in [1.807, 2.05) is 0 Å². The molecular weight excluding hydrogens is 495 g/mol. The first-order chi connectivity index (χ1) is 16.4. The van der Waals surface area contributed by atoms with Crippen molar-refractivity contribution in [3.05, 3.63) is 48.0 Å². The SMILES string of the molecule is CC(C)(C)[Si](C)(C)O[C@H](/C=C/[C@@H]1[C@@H](CC(=O)P)CC[C@H]1O[Si](C)(C)C(C)(C)C)CCc1ccccc1. The summed E-state index contributed by atoms with van der Waals surface area (Å²) in [5.74, 6) is 0.592. The molecule has 0 amide bonds. The fourth-order valence-electron chi connectivity index (χ4n) is 4.49. The molecule has 1 aromatic rings. The molecule has 0 spiro atoms. The van der Waals surface area contributed by atoms with Crippen molar-refractivity contribution in [3.8, 4) is 0 Å². The lowest BCUT2D eigenvalue weighted by Crippen LogP contribution is -2.45. The van der Waals surface area contributed by atoms with Crippen molar-refractivity contribution < 1.29 is 13.6 Å². The van der Waals surface area contributed by atoms with Crippen LogP contribution in [-0.4, -0.2) is 34.4 Å². The zero-order valence-electron chi connectivity index (χ0n) is 24.7. The molecule has 1 aliphatic rings. The predicted octanol–water partition coefficient (Wildman–Crippen LogP) is 8.77. The van der Waals surface area contributed by atoms with E-state index in [1.165, 1.54) is 5.56 Å². The molecular formula is C30H53O3PSi2. The van der Waals surface area contributed by atoms with Crippen LogP contribution in [0.1, 0.15) is 72.8 Å². The van der Waals surface area contributed by atoms with Gasteiger partial charge in [-0.15, -0.1) is 0 Å². The van der Waals surface area contributed by atoms with Gasteiger partial charge in [0.1, 0.15) is 5.52 Å². The van der Waals surface area contributed by atoms with Crippen LogP contribution >= 0.6 is 9.24 Å². The molecule has 5 atom stereocenters. The molecule has 1 fully saturated rings. The van der Waals surface area contributed by atoms with E-state index in [-0.39, 0.29) is 33.7 Å². The van der Waals surface area contributed by atoms with Gasteiger partial charge in [0.05, 0.1) is 12.2 Å². The number of carbonyl (C=O) groups is 1. The maximum atomic E-state index is 12.1. The summed E-state index contributed by atoms with van der Waals surface area (Å²) in [7, 11) is -1.46. The van der Waals surface area contributed by atoms with Crippen LogP contribution in [0.3, 0.4) is 0 Å². The van der Waals surface area contributed by atoms with Crippen molar-refractivity contribution in [3.63, 3.8) is 0 Å². The van der Waals surface area contributed by atoms with Gasteiger partial charge in [0.2, 0.25) is 0 Å². The molecule has 0 heterocycles. The molecule has 1 unspecified atom stereocenters. The van der Waals surface area contributed by atoms with Gasteiger partial charge in [-0.1, -0.05) is 93.3 Å². The number of hydrogen-bond donors (Lipinski definition) is 0. The van der Waals surface area contributed by atoms with E-state index in [0.717, 1.165) is 25.7 Å². The number of benzene rings is 1. The Morgan fingerprint density at radius 2 is 1.58 bits per heavy atom. The summed E-state index contributed by atoms with van der Waals surface area (Å²) in [5, 5.41) is 0.320. The molecule has 1 saturated carbocycles. The molecule has 204 valence electrons. The van der Waals surface area contributed by atoms with Gasteiger partial charge in [0.25, 0.3) is 0 Å². The molecule has 0 aliphatic heterocycles. The molecule has 0 saturated heterocycles. The Hall–Kier alpha value is -0.586. The van der Waals surface area contributed by atoms with Crippen LogP contribution in [0.2, 0.25) is 36.3 Å². The van der Waals surface area contributed by atoms with Crippen LogP contribution in [0.15, 0.2) is 42.5 Å². The van der Waals surface area contributed by atoms with Crippen molar-refractivity contribution in [2.24, 2.45) is 11.8 Å². The largest absolute Gasteiger partial charge is 0.413 e. The molecule has 0 aromatic heterocycles. The standard InChI is InChI=1S/C30H53O3PSi2/c1-29(2,3)35(7,8)32-25(18-16-23-14-12-11-13-15-23)19-20-26-24(22-28(31)34)17-21-27(26)33-36(9,10)30(4,5)6/h11-15,19-20,24-27H,16-18,21-22,34H2,1-10H3/b20-19+/t24-,25+,26-,27-/m1/s1. The van der Waals surface area contributed by atoms with Crippen molar-refractivity contribution in [1.82, 2.24) is 0 Å². The van der Waals surface area contributed by atoms with E-state index in [4.69, 9.17) is 8.85 Å². The van der Waals surface area contributed by atoms with Gasteiger partial charge in [0.15, 0.2) is 16.6 Å². The van der Waals surface area contributed by atoms with Gasteiger partial charge in [0, 0.05) is 12.3 Å². The molecule has 6 heteroatoms. The Morgan fingerprint density at radius 3 is 2.11 bits per heavy atom. The summed E-state index contributed by atoms with van der Waals surface area (Å²) >= 11 is 0. The highest BCUT2D eigenvalue weighted by Crippen LogP contribution is 2.44. The molecule has 0 N–H and O–H groups in total. The van der Waals surface area contributed by atoms with E-state index in [9.17, 15) is 4.79 Å². The first-order valence-electron chi connectivity index (χ1n) is 13.8. The molecule has 1 aromatic carbocycles. The van der Waals surface area contributed by atoms with E-state index in [2.05, 4.69) is 119 Å². The Bertz CT molecular complexity index is 868. The van der Waals surface area contributed by atoms with Gasteiger partial charge in [-0.25, -0.2) is 0 Å². The topological polar surface area (TPSA) is 35.5 Å². The summed E-state index contributed by atoms with van der Waals surface area (Å²) in [6.07, 6.45) is 9.57. The lowest BCUT2D eigenvalue weighted by atomic mass is 9.91. The second-order valence-electron chi connectivity index (χ2n) is 13.8. The summed E-state index contributed by atoms with van der Waals surface area (Å²) < 4.78 is 13.9. The van der Waals surface area contributed by atoms with Gasteiger partial charge in [-0.2, -0.15) is 0 Å². The van der Waals surface area contributed by atoms with Crippen LogP contribution in [0.25, 0.3) is 0 Å². The first kappa shape index (κ1) is 31.6. The average molecular weight is 549 g/mol. The fraction of sp³-hybridized carbons (Fsp3) is 0.700. The minimum Gasteiger partial charge on any atom is -0.413 e. The summed E-state index contributed by atoms with van der Waals surface area (Å²) in [5.41, 5.74) is 1.55. The lowest BCUT2D eigenvalue weighted by molar-refractivity contribution is -0.112. The van der Waals surface area contributed by atoms with Crippen LogP contribution < -0.4 is 0 Å². The van der Waals surface area contributed by atoms with E-state index < -0.39 is 16.6 Å². The first-order valence-corrected chi connectivity index (χ1v) is 20.2. The zero-order chi connectivity index (χ0) is 27.4. The van der Waals surface area contributed by atoms with Gasteiger partial charge >= 0.3 is 0 Å². The second kappa shape index (κ2) is 12.5. The van der Waals surface area contributed by atoms with E-state index in [1.54, 1.807) is 0 Å². The van der Waals surface area contributed by atoms with Crippen LogP contribution in [-0.2, 0) is 20.1 Å². The quantitative estimate of drug-likeness (QED) is 0.157. The Labute approximate surface area is 226 Å².